The molecule has 0 N–H and O–H groups in total. The Labute approximate surface area is 143 Å². The van der Waals surface area contributed by atoms with Crippen molar-refractivity contribution in [1.82, 2.24) is 9.55 Å². The van der Waals surface area contributed by atoms with E-state index in [1.54, 1.807) is 6.20 Å². The Hall–Kier alpha value is -1.62. The van der Waals surface area contributed by atoms with Crippen LogP contribution < -0.4 is 0 Å². The molecule has 1 aromatic heterocycles. The number of rotatable bonds is 2. The summed E-state index contributed by atoms with van der Waals surface area (Å²) in [6, 6.07) is 0. The Balaban J connectivity index is 1.60. The van der Waals surface area contributed by atoms with Gasteiger partial charge in [-0.2, -0.15) is 0 Å². The number of ether oxygens (including phenoxy) is 2. The van der Waals surface area contributed by atoms with Gasteiger partial charge < -0.3 is 14.0 Å². The first-order valence-corrected chi connectivity index (χ1v) is 8.99. The normalized spacial score (nSPS) is 38.8. The predicted molar refractivity (Wildman–Crippen MR) is 89.3 cm³/mol. The highest BCUT2D eigenvalue weighted by Gasteiger charge is 2.62. The van der Waals surface area contributed by atoms with Crippen LogP contribution in [0.15, 0.2) is 24.0 Å². The van der Waals surface area contributed by atoms with Gasteiger partial charge in [0.05, 0.1) is 11.5 Å². The predicted octanol–water partition coefficient (Wildman–Crippen LogP) is 3.03. The number of allylic oxidation sites excluding steroid dienone is 2. The molecule has 0 radical (unpaired) electrons. The van der Waals surface area contributed by atoms with E-state index in [0.29, 0.717) is 6.54 Å². The van der Waals surface area contributed by atoms with Crippen LogP contribution >= 0.6 is 0 Å². The molecule has 24 heavy (non-hydrogen) atoms. The maximum Gasteiger partial charge on any atom is 0.311 e. The fourth-order valence-electron chi connectivity index (χ4n) is 4.36. The molecule has 1 aliphatic carbocycles. The summed E-state index contributed by atoms with van der Waals surface area (Å²) in [5.41, 5.74) is 1.28. The van der Waals surface area contributed by atoms with Gasteiger partial charge in [0.1, 0.15) is 18.0 Å². The smallest absolute Gasteiger partial charge is 0.311 e. The maximum absolute atomic E-state index is 12.6. The van der Waals surface area contributed by atoms with Gasteiger partial charge in [-0.3, -0.25) is 4.79 Å². The first kappa shape index (κ1) is 15.9. The van der Waals surface area contributed by atoms with E-state index in [1.165, 1.54) is 5.57 Å². The van der Waals surface area contributed by atoms with Gasteiger partial charge in [-0.05, 0) is 46.5 Å². The Morgan fingerprint density at radius 3 is 3.00 bits per heavy atom. The van der Waals surface area contributed by atoms with Crippen LogP contribution in [0.5, 0.6) is 0 Å². The zero-order valence-electron chi connectivity index (χ0n) is 14.7. The average molecular weight is 330 g/mol. The van der Waals surface area contributed by atoms with Gasteiger partial charge in [0.2, 0.25) is 0 Å². The van der Waals surface area contributed by atoms with Gasteiger partial charge in [0.25, 0.3) is 0 Å². The summed E-state index contributed by atoms with van der Waals surface area (Å²) in [5, 5.41) is 0. The SMILES string of the molecule is CC1=CCC[C@@]2(C)O[C@@H]2[C@H]2OC(=O)[C@@H](Cn3ccnc3C)[C@@H]2CC1. The van der Waals surface area contributed by atoms with Gasteiger partial charge in [-0.15, -0.1) is 0 Å². The minimum atomic E-state index is -0.128. The van der Waals surface area contributed by atoms with Crippen molar-refractivity contribution < 1.29 is 14.3 Å². The van der Waals surface area contributed by atoms with Crippen molar-refractivity contribution in [2.45, 2.75) is 70.8 Å². The van der Waals surface area contributed by atoms with Crippen molar-refractivity contribution >= 4 is 5.97 Å². The molecular weight excluding hydrogens is 304 g/mol. The molecule has 0 saturated carbocycles. The van der Waals surface area contributed by atoms with Crippen LogP contribution in [-0.4, -0.2) is 33.3 Å². The number of hydrogen-bond donors (Lipinski definition) is 0. The van der Waals surface area contributed by atoms with E-state index in [-0.39, 0.29) is 35.6 Å². The zero-order chi connectivity index (χ0) is 16.9. The van der Waals surface area contributed by atoms with E-state index >= 15 is 0 Å². The Bertz CT molecular complexity index is 680. The number of imidazole rings is 1. The van der Waals surface area contributed by atoms with Gasteiger partial charge in [-0.1, -0.05) is 11.6 Å². The fraction of sp³-hybridized carbons (Fsp3) is 0.684. The summed E-state index contributed by atoms with van der Waals surface area (Å²) in [6.07, 6.45) is 10.1. The summed E-state index contributed by atoms with van der Waals surface area (Å²) in [6.45, 7) is 6.97. The van der Waals surface area contributed by atoms with Crippen LogP contribution in [0, 0.1) is 18.8 Å². The molecular formula is C19H26N2O3. The van der Waals surface area contributed by atoms with Gasteiger partial charge in [0, 0.05) is 24.9 Å². The Morgan fingerprint density at radius 2 is 2.25 bits per heavy atom. The summed E-state index contributed by atoms with van der Waals surface area (Å²) >= 11 is 0. The second kappa shape index (κ2) is 5.73. The molecule has 5 nitrogen and oxygen atoms in total. The van der Waals surface area contributed by atoms with Crippen molar-refractivity contribution in [1.29, 1.82) is 0 Å². The molecule has 0 unspecified atom stereocenters. The highest BCUT2D eigenvalue weighted by atomic mass is 16.6. The number of aryl methyl sites for hydroxylation is 1. The molecule has 5 atom stereocenters. The van der Waals surface area contributed by atoms with E-state index < -0.39 is 0 Å². The number of epoxide rings is 1. The molecule has 3 aliphatic rings. The number of aromatic nitrogens is 2. The average Bonchev–Trinajstić information content (AvgIpc) is 2.86. The molecule has 2 saturated heterocycles. The van der Waals surface area contributed by atoms with Gasteiger partial charge >= 0.3 is 5.97 Å². The summed E-state index contributed by atoms with van der Waals surface area (Å²) in [7, 11) is 0. The molecule has 0 aromatic carbocycles. The third-order valence-corrected chi connectivity index (χ3v) is 6.06. The maximum atomic E-state index is 12.6. The minimum absolute atomic E-state index is 0.0622. The second-order valence-corrected chi connectivity index (χ2v) is 7.78. The first-order chi connectivity index (χ1) is 11.5. The third-order valence-electron chi connectivity index (χ3n) is 6.06. The molecule has 0 amide bonds. The Kier molecular flexibility index (Phi) is 3.79. The first-order valence-electron chi connectivity index (χ1n) is 8.99. The summed E-state index contributed by atoms with van der Waals surface area (Å²) in [5.74, 6) is 0.975. The van der Waals surface area contributed by atoms with Crippen LogP contribution in [0.4, 0.5) is 0 Å². The lowest BCUT2D eigenvalue weighted by molar-refractivity contribution is -0.145. The van der Waals surface area contributed by atoms with Crippen molar-refractivity contribution in [2.24, 2.45) is 11.8 Å². The molecule has 130 valence electrons. The molecule has 1 aromatic rings. The van der Waals surface area contributed by atoms with E-state index in [1.807, 2.05) is 13.1 Å². The van der Waals surface area contributed by atoms with Crippen molar-refractivity contribution in [2.75, 3.05) is 0 Å². The van der Waals surface area contributed by atoms with Crippen molar-refractivity contribution in [3.05, 3.63) is 29.9 Å². The quantitative estimate of drug-likeness (QED) is 0.475. The molecule has 2 fully saturated rings. The molecule has 2 aliphatic heterocycles. The van der Waals surface area contributed by atoms with Gasteiger partial charge in [-0.25, -0.2) is 4.98 Å². The van der Waals surface area contributed by atoms with E-state index in [4.69, 9.17) is 9.47 Å². The second-order valence-electron chi connectivity index (χ2n) is 7.78. The number of fused-ring (bicyclic) bond motifs is 3. The van der Waals surface area contributed by atoms with Crippen LogP contribution in [-0.2, 0) is 20.8 Å². The standard InChI is InChI=1S/C19H26N2O3/c1-12-5-4-8-19(3)17(24-19)16-14(7-6-12)15(18(22)23-16)11-21-10-9-20-13(21)2/h5,9-10,14-17H,4,6-8,11H2,1-3H3/t14-,15-,16-,17+,19+/m0/s1. The lowest BCUT2D eigenvalue weighted by Gasteiger charge is -2.22. The lowest BCUT2D eigenvalue weighted by atomic mass is 9.80. The van der Waals surface area contributed by atoms with Crippen LogP contribution in [0.25, 0.3) is 0 Å². The highest BCUT2D eigenvalue weighted by molar-refractivity contribution is 5.75. The third kappa shape index (κ3) is 2.69. The molecule has 0 spiro atoms. The number of esters is 1. The lowest BCUT2D eigenvalue weighted by Crippen LogP contribution is -2.31. The zero-order valence-corrected chi connectivity index (χ0v) is 14.7. The summed E-state index contributed by atoms with van der Waals surface area (Å²) in [4.78, 5) is 16.9. The van der Waals surface area contributed by atoms with Crippen LogP contribution in [0.2, 0.25) is 0 Å². The van der Waals surface area contributed by atoms with Crippen molar-refractivity contribution in [3.8, 4) is 0 Å². The molecule has 0 bridgehead atoms. The van der Waals surface area contributed by atoms with Crippen LogP contribution in [0.1, 0.15) is 45.4 Å². The topological polar surface area (TPSA) is 56.6 Å². The number of nitrogens with zero attached hydrogens (tertiary/aromatic N) is 2. The molecule has 3 heterocycles. The number of carbonyl (C=O) groups is 1. The van der Waals surface area contributed by atoms with Gasteiger partial charge in [0.15, 0.2) is 0 Å². The number of carbonyl (C=O) groups excluding carboxylic acids is 1. The molecule has 4 rings (SSSR count). The fourth-order valence-corrected chi connectivity index (χ4v) is 4.36. The van der Waals surface area contributed by atoms with Crippen molar-refractivity contribution in [3.63, 3.8) is 0 Å². The monoisotopic (exact) mass is 330 g/mol. The summed E-state index contributed by atoms with van der Waals surface area (Å²) < 4.78 is 13.9. The van der Waals surface area contributed by atoms with E-state index in [0.717, 1.165) is 31.5 Å². The Morgan fingerprint density at radius 1 is 1.42 bits per heavy atom. The van der Waals surface area contributed by atoms with Crippen LogP contribution in [0.3, 0.4) is 0 Å². The largest absolute Gasteiger partial charge is 0.459 e. The minimum Gasteiger partial charge on any atom is -0.459 e. The van der Waals surface area contributed by atoms with E-state index in [2.05, 4.69) is 29.5 Å². The highest BCUT2D eigenvalue weighted by Crippen LogP contribution is 2.50. The number of hydrogen-bond acceptors (Lipinski definition) is 4. The van der Waals surface area contributed by atoms with E-state index in [9.17, 15) is 4.79 Å². The molecule has 5 heteroatoms.